The monoisotopic (exact) mass is 431 g/mol. The number of nitrogens with zero attached hydrogens (tertiary/aromatic N) is 3. The molecule has 0 saturated heterocycles. The fourth-order valence-electron chi connectivity index (χ4n) is 3.37. The Morgan fingerprint density at radius 3 is 2.72 bits per heavy atom. The van der Waals surface area contributed by atoms with Crippen molar-refractivity contribution in [1.29, 1.82) is 0 Å². The van der Waals surface area contributed by atoms with E-state index >= 15 is 0 Å². The van der Waals surface area contributed by atoms with Crippen molar-refractivity contribution in [2.24, 2.45) is 5.92 Å². The number of aryl methyl sites for hydroxylation is 2. The Kier molecular flexibility index (Phi) is 4.85. The molecule has 0 radical (unpaired) electrons. The van der Waals surface area contributed by atoms with Gasteiger partial charge in [0.1, 0.15) is 17.3 Å². The topological polar surface area (TPSA) is 111 Å². The number of ether oxygens (including phenoxy) is 1. The molecule has 2 amide bonds. The molecule has 0 bridgehead atoms. The summed E-state index contributed by atoms with van der Waals surface area (Å²) >= 11 is 0. The van der Waals surface area contributed by atoms with Gasteiger partial charge in [0.25, 0.3) is 5.91 Å². The molecule has 9 heteroatoms. The van der Waals surface area contributed by atoms with E-state index in [-0.39, 0.29) is 17.7 Å². The number of hydrogen-bond donors (Lipinski definition) is 2. The maximum absolute atomic E-state index is 12.5. The molecule has 5 rings (SSSR count). The zero-order chi connectivity index (χ0) is 22.2. The Balaban J connectivity index is 1.29. The fraction of sp³-hybridized carbons (Fsp3) is 0.217. The molecule has 32 heavy (non-hydrogen) atoms. The van der Waals surface area contributed by atoms with Gasteiger partial charge >= 0.3 is 0 Å². The van der Waals surface area contributed by atoms with Crippen molar-refractivity contribution >= 4 is 29.0 Å². The van der Waals surface area contributed by atoms with E-state index in [1.54, 1.807) is 67.0 Å². The van der Waals surface area contributed by atoms with Crippen LogP contribution in [0.5, 0.6) is 11.6 Å². The lowest BCUT2D eigenvalue weighted by Crippen LogP contribution is -2.13. The molecule has 0 aliphatic heterocycles. The fourth-order valence-corrected chi connectivity index (χ4v) is 3.37. The molecule has 162 valence electrons. The highest BCUT2D eigenvalue weighted by Crippen LogP contribution is 2.30. The normalized spacial score (nSPS) is 13.2. The third kappa shape index (κ3) is 4.18. The maximum atomic E-state index is 12.5. The summed E-state index contributed by atoms with van der Waals surface area (Å²) in [6, 6.07) is 12.2. The van der Waals surface area contributed by atoms with Crippen LogP contribution in [0.1, 0.15) is 34.7 Å². The quantitative estimate of drug-likeness (QED) is 0.470. The van der Waals surface area contributed by atoms with Crippen LogP contribution in [0, 0.1) is 19.8 Å². The van der Waals surface area contributed by atoms with Crippen LogP contribution < -0.4 is 15.4 Å². The largest absolute Gasteiger partial charge is 0.466 e. The number of imidazole rings is 1. The van der Waals surface area contributed by atoms with E-state index in [1.165, 1.54) is 0 Å². The molecular formula is C23H21N5O4. The van der Waals surface area contributed by atoms with Crippen molar-refractivity contribution in [3.05, 3.63) is 65.7 Å². The molecule has 0 atom stereocenters. The molecule has 1 saturated carbocycles. The molecule has 0 spiro atoms. The highest BCUT2D eigenvalue weighted by molar-refractivity contribution is 6.05. The molecule has 1 aliphatic rings. The first-order valence-electron chi connectivity index (χ1n) is 10.3. The van der Waals surface area contributed by atoms with Gasteiger partial charge in [-0.1, -0.05) is 6.07 Å². The summed E-state index contributed by atoms with van der Waals surface area (Å²) in [5.74, 6) is 2.40. The maximum Gasteiger partial charge on any atom is 0.259 e. The number of fused-ring (bicyclic) bond motifs is 1. The van der Waals surface area contributed by atoms with Gasteiger partial charge in [-0.05, 0) is 51.0 Å². The minimum atomic E-state index is -0.254. The molecule has 2 N–H and O–H groups in total. The van der Waals surface area contributed by atoms with E-state index in [1.807, 2.05) is 0 Å². The van der Waals surface area contributed by atoms with Gasteiger partial charge in [-0.25, -0.2) is 9.50 Å². The van der Waals surface area contributed by atoms with Crippen LogP contribution in [0.3, 0.4) is 0 Å². The molecule has 1 aromatic carbocycles. The number of anilines is 2. The van der Waals surface area contributed by atoms with Gasteiger partial charge in [0.05, 0.1) is 11.8 Å². The zero-order valence-corrected chi connectivity index (χ0v) is 17.6. The number of carbonyl (C=O) groups is 2. The van der Waals surface area contributed by atoms with Crippen LogP contribution in [0.4, 0.5) is 11.5 Å². The lowest BCUT2D eigenvalue weighted by molar-refractivity contribution is -0.117. The number of benzene rings is 1. The first-order chi connectivity index (χ1) is 15.4. The van der Waals surface area contributed by atoms with Crippen LogP contribution in [-0.2, 0) is 4.79 Å². The van der Waals surface area contributed by atoms with Crippen molar-refractivity contribution in [2.45, 2.75) is 26.7 Å². The third-order valence-corrected chi connectivity index (χ3v) is 5.09. The van der Waals surface area contributed by atoms with Gasteiger partial charge in [-0.15, -0.1) is 5.10 Å². The highest BCUT2D eigenvalue weighted by Gasteiger charge is 2.30. The SMILES string of the molecule is Cc1cc(C(=O)Nc2cccc(Oc3ccc4nc(NC(=O)C5CC5)cn4n3)c2)c(C)o1. The van der Waals surface area contributed by atoms with Gasteiger partial charge in [0, 0.05) is 23.7 Å². The van der Waals surface area contributed by atoms with Crippen LogP contribution in [-0.4, -0.2) is 26.4 Å². The van der Waals surface area contributed by atoms with E-state index in [9.17, 15) is 9.59 Å². The average molecular weight is 431 g/mol. The molecule has 3 aromatic heterocycles. The van der Waals surface area contributed by atoms with Crippen LogP contribution in [0.2, 0.25) is 0 Å². The summed E-state index contributed by atoms with van der Waals surface area (Å²) in [5, 5.41) is 10.0. The van der Waals surface area contributed by atoms with Gasteiger partial charge in [-0.2, -0.15) is 0 Å². The second kappa shape index (κ2) is 7.84. The predicted octanol–water partition coefficient (Wildman–Crippen LogP) is 4.33. The van der Waals surface area contributed by atoms with Gasteiger partial charge in [0.2, 0.25) is 11.8 Å². The van der Waals surface area contributed by atoms with Gasteiger partial charge in [0.15, 0.2) is 11.5 Å². The Hall–Kier alpha value is -4.14. The van der Waals surface area contributed by atoms with E-state index in [2.05, 4.69) is 20.7 Å². The lowest BCUT2D eigenvalue weighted by Gasteiger charge is -2.08. The number of nitrogens with one attached hydrogen (secondary N) is 2. The number of rotatable bonds is 6. The summed E-state index contributed by atoms with van der Waals surface area (Å²) < 4.78 is 12.8. The smallest absolute Gasteiger partial charge is 0.259 e. The Morgan fingerprint density at radius 1 is 1.12 bits per heavy atom. The zero-order valence-electron chi connectivity index (χ0n) is 17.6. The Bertz CT molecular complexity index is 1340. The molecule has 0 unspecified atom stereocenters. The van der Waals surface area contributed by atoms with Gasteiger partial charge in [-0.3, -0.25) is 9.59 Å². The standard InChI is InChI=1S/C23H21N5O4/c1-13-10-18(14(2)31-13)23(30)24-16-4-3-5-17(11-16)32-21-9-8-20-25-19(12-28(20)27-21)26-22(29)15-6-7-15/h3-5,8-12,15H,6-7H2,1-2H3,(H,24,30)(H,26,29). The summed E-state index contributed by atoms with van der Waals surface area (Å²) in [5.41, 5.74) is 1.67. The number of amides is 2. The number of carbonyl (C=O) groups excluding carboxylic acids is 2. The molecule has 3 heterocycles. The molecule has 4 aromatic rings. The minimum absolute atomic E-state index is 0.00971. The summed E-state index contributed by atoms with van der Waals surface area (Å²) in [4.78, 5) is 28.8. The first-order valence-corrected chi connectivity index (χ1v) is 10.3. The Labute approximate surface area is 183 Å². The van der Waals surface area contributed by atoms with Crippen molar-refractivity contribution < 1.29 is 18.7 Å². The average Bonchev–Trinajstić information content (AvgIpc) is 3.44. The second-order valence-corrected chi connectivity index (χ2v) is 7.77. The minimum Gasteiger partial charge on any atom is -0.466 e. The number of furan rings is 1. The van der Waals surface area contributed by atoms with Crippen molar-refractivity contribution in [1.82, 2.24) is 14.6 Å². The van der Waals surface area contributed by atoms with E-state index in [0.29, 0.717) is 45.9 Å². The molecule has 1 fully saturated rings. The number of hydrogen-bond acceptors (Lipinski definition) is 6. The van der Waals surface area contributed by atoms with E-state index < -0.39 is 0 Å². The third-order valence-electron chi connectivity index (χ3n) is 5.09. The molecule has 1 aliphatic carbocycles. The molecule has 9 nitrogen and oxygen atoms in total. The first kappa shape index (κ1) is 19.8. The summed E-state index contributed by atoms with van der Waals surface area (Å²) in [6.45, 7) is 3.55. The lowest BCUT2D eigenvalue weighted by atomic mass is 10.2. The second-order valence-electron chi connectivity index (χ2n) is 7.77. The van der Waals surface area contributed by atoms with Crippen molar-refractivity contribution in [2.75, 3.05) is 10.6 Å². The number of aromatic nitrogens is 3. The highest BCUT2D eigenvalue weighted by atomic mass is 16.5. The summed E-state index contributed by atoms with van der Waals surface area (Å²) in [6.07, 6.45) is 3.50. The Morgan fingerprint density at radius 2 is 1.97 bits per heavy atom. The van der Waals surface area contributed by atoms with Crippen LogP contribution in [0.15, 0.2) is 53.1 Å². The van der Waals surface area contributed by atoms with E-state index in [4.69, 9.17) is 9.15 Å². The molecular weight excluding hydrogens is 410 g/mol. The van der Waals surface area contributed by atoms with E-state index in [0.717, 1.165) is 12.8 Å². The van der Waals surface area contributed by atoms with Crippen LogP contribution >= 0.6 is 0 Å². The van der Waals surface area contributed by atoms with Gasteiger partial charge < -0.3 is 19.8 Å². The van der Waals surface area contributed by atoms with Crippen molar-refractivity contribution in [3.8, 4) is 11.6 Å². The van der Waals surface area contributed by atoms with Crippen LogP contribution in [0.25, 0.3) is 5.65 Å². The summed E-state index contributed by atoms with van der Waals surface area (Å²) in [7, 11) is 0. The van der Waals surface area contributed by atoms with Crippen molar-refractivity contribution in [3.63, 3.8) is 0 Å². The predicted molar refractivity (Wildman–Crippen MR) is 117 cm³/mol.